The number of halogens is 3. The Balaban J connectivity index is 2.31. The van der Waals surface area contributed by atoms with E-state index in [0.29, 0.717) is 10.6 Å². The van der Waals surface area contributed by atoms with Crippen molar-refractivity contribution < 1.29 is 9.50 Å². The molecule has 1 aromatic rings. The van der Waals surface area contributed by atoms with Gasteiger partial charge in [0.25, 0.3) is 0 Å². The first-order valence-corrected chi connectivity index (χ1v) is 6.57. The van der Waals surface area contributed by atoms with E-state index in [1.807, 2.05) is 4.90 Å². The average molecular weight is 293 g/mol. The van der Waals surface area contributed by atoms with Crippen molar-refractivity contribution in [3.05, 3.63) is 27.7 Å². The minimum Gasteiger partial charge on any atom is -0.506 e. The van der Waals surface area contributed by atoms with Crippen LogP contribution in [0.15, 0.2) is 12.1 Å². The highest BCUT2D eigenvalue weighted by Crippen LogP contribution is 2.37. The summed E-state index contributed by atoms with van der Waals surface area (Å²) in [4.78, 5) is 1.98. The standard InChI is InChI=1S/C12H15Cl2FN2O/c13-8-5-9(12(18)10(14)6-8)11(7-15)17-3-1-16-2-4-17/h5-6,11,16,18H,1-4,7H2/t11-/m1/s1. The molecule has 0 radical (unpaired) electrons. The van der Waals surface area contributed by atoms with Gasteiger partial charge in [0, 0.05) is 36.8 Å². The van der Waals surface area contributed by atoms with Crippen LogP contribution in [-0.2, 0) is 0 Å². The van der Waals surface area contributed by atoms with E-state index in [9.17, 15) is 9.50 Å². The Hall–Kier alpha value is -0.550. The van der Waals surface area contributed by atoms with E-state index in [2.05, 4.69) is 5.32 Å². The third kappa shape index (κ3) is 2.88. The number of piperazine rings is 1. The van der Waals surface area contributed by atoms with Crippen molar-refractivity contribution in [1.29, 1.82) is 0 Å². The van der Waals surface area contributed by atoms with Gasteiger partial charge in [-0.25, -0.2) is 4.39 Å². The van der Waals surface area contributed by atoms with Gasteiger partial charge in [-0.05, 0) is 12.1 Å². The summed E-state index contributed by atoms with van der Waals surface area (Å²) < 4.78 is 13.3. The number of nitrogens with one attached hydrogen (secondary N) is 1. The minimum atomic E-state index is -0.579. The van der Waals surface area contributed by atoms with E-state index in [1.165, 1.54) is 6.07 Å². The minimum absolute atomic E-state index is 0.0813. The maximum atomic E-state index is 13.3. The normalized spacial score (nSPS) is 18.8. The van der Waals surface area contributed by atoms with E-state index in [0.717, 1.165) is 26.2 Å². The van der Waals surface area contributed by atoms with Crippen LogP contribution >= 0.6 is 23.2 Å². The zero-order chi connectivity index (χ0) is 13.1. The fourth-order valence-electron chi connectivity index (χ4n) is 2.21. The molecule has 0 unspecified atom stereocenters. The number of benzene rings is 1. The van der Waals surface area contributed by atoms with Crippen molar-refractivity contribution >= 4 is 23.2 Å². The van der Waals surface area contributed by atoms with Gasteiger partial charge in [-0.15, -0.1) is 0 Å². The van der Waals surface area contributed by atoms with Crippen molar-refractivity contribution in [2.75, 3.05) is 32.9 Å². The third-order valence-corrected chi connectivity index (χ3v) is 3.66. The summed E-state index contributed by atoms with van der Waals surface area (Å²) in [6, 6.07) is 2.53. The summed E-state index contributed by atoms with van der Waals surface area (Å²) in [5, 5.41) is 13.7. The second kappa shape index (κ2) is 6.06. The number of aromatic hydroxyl groups is 1. The third-order valence-electron chi connectivity index (χ3n) is 3.16. The second-order valence-electron chi connectivity index (χ2n) is 4.28. The Morgan fingerprint density at radius 1 is 1.33 bits per heavy atom. The molecular formula is C12H15Cl2FN2O. The lowest BCUT2D eigenvalue weighted by Gasteiger charge is -2.34. The van der Waals surface area contributed by atoms with Gasteiger partial charge in [0.2, 0.25) is 0 Å². The summed E-state index contributed by atoms with van der Waals surface area (Å²) in [5.74, 6) is -0.0813. The summed E-state index contributed by atoms with van der Waals surface area (Å²) in [7, 11) is 0. The molecule has 1 aromatic carbocycles. The van der Waals surface area contributed by atoms with Crippen molar-refractivity contribution in [3.63, 3.8) is 0 Å². The smallest absolute Gasteiger partial charge is 0.139 e. The number of hydrogen-bond donors (Lipinski definition) is 2. The molecule has 100 valence electrons. The predicted molar refractivity (Wildman–Crippen MR) is 71.3 cm³/mol. The topological polar surface area (TPSA) is 35.5 Å². The van der Waals surface area contributed by atoms with Crippen LogP contribution in [0.3, 0.4) is 0 Å². The zero-order valence-corrected chi connectivity index (χ0v) is 11.3. The Kier molecular flexibility index (Phi) is 4.67. The van der Waals surface area contributed by atoms with Crippen LogP contribution in [-0.4, -0.2) is 42.9 Å². The predicted octanol–water partition coefficient (Wildman–Crippen LogP) is 2.61. The largest absolute Gasteiger partial charge is 0.506 e. The SMILES string of the molecule is Oc1c(Cl)cc(Cl)cc1[C@@H](CF)N1CCNCC1. The van der Waals surface area contributed by atoms with Gasteiger partial charge in [0.05, 0.1) is 11.1 Å². The molecule has 0 bridgehead atoms. The van der Waals surface area contributed by atoms with Crippen LogP contribution in [0.25, 0.3) is 0 Å². The average Bonchev–Trinajstić information content (AvgIpc) is 2.37. The van der Waals surface area contributed by atoms with Crippen molar-refractivity contribution in [2.45, 2.75) is 6.04 Å². The van der Waals surface area contributed by atoms with Crippen LogP contribution in [0.2, 0.25) is 10.0 Å². The Morgan fingerprint density at radius 2 is 2.00 bits per heavy atom. The summed E-state index contributed by atoms with van der Waals surface area (Å²) >= 11 is 11.8. The second-order valence-corrected chi connectivity index (χ2v) is 5.13. The van der Waals surface area contributed by atoms with Crippen molar-refractivity contribution in [2.24, 2.45) is 0 Å². The zero-order valence-electron chi connectivity index (χ0n) is 9.80. The first kappa shape index (κ1) is 13.9. The molecule has 1 aliphatic rings. The lowest BCUT2D eigenvalue weighted by Crippen LogP contribution is -2.45. The van der Waals surface area contributed by atoms with E-state index in [-0.39, 0.29) is 10.8 Å². The summed E-state index contributed by atoms with van der Waals surface area (Å²) in [6.45, 7) is 2.51. The van der Waals surface area contributed by atoms with Gasteiger partial charge in [0.15, 0.2) is 0 Å². The number of hydrogen-bond acceptors (Lipinski definition) is 3. The highest BCUT2D eigenvalue weighted by molar-refractivity contribution is 6.35. The Bertz CT molecular complexity index is 425. The van der Waals surface area contributed by atoms with Crippen molar-refractivity contribution in [1.82, 2.24) is 10.2 Å². The first-order chi connectivity index (χ1) is 8.63. The molecule has 1 aliphatic heterocycles. The fourth-order valence-corrected chi connectivity index (χ4v) is 2.72. The van der Waals surface area contributed by atoms with Gasteiger partial charge < -0.3 is 10.4 Å². The van der Waals surface area contributed by atoms with E-state index >= 15 is 0 Å². The number of phenolic OH excluding ortho intramolecular Hbond substituents is 1. The fraction of sp³-hybridized carbons (Fsp3) is 0.500. The molecule has 1 heterocycles. The molecule has 2 N–H and O–H groups in total. The quantitative estimate of drug-likeness (QED) is 0.899. The Morgan fingerprint density at radius 3 is 2.61 bits per heavy atom. The van der Waals surface area contributed by atoms with Crippen LogP contribution in [0.1, 0.15) is 11.6 Å². The summed E-state index contributed by atoms with van der Waals surface area (Å²) in [6.07, 6.45) is 0. The molecule has 0 amide bonds. The number of phenols is 1. The number of rotatable bonds is 3. The van der Waals surface area contributed by atoms with Crippen LogP contribution < -0.4 is 5.32 Å². The van der Waals surface area contributed by atoms with E-state index < -0.39 is 12.7 Å². The number of alkyl halides is 1. The lowest BCUT2D eigenvalue weighted by atomic mass is 10.0. The summed E-state index contributed by atoms with van der Waals surface area (Å²) in [5.41, 5.74) is 0.455. The molecule has 1 saturated heterocycles. The molecule has 0 saturated carbocycles. The highest BCUT2D eigenvalue weighted by Gasteiger charge is 2.25. The lowest BCUT2D eigenvalue weighted by molar-refractivity contribution is 0.145. The molecule has 0 aliphatic carbocycles. The molecular weight excluding hydrogens is 278 g/mol. The maximum absolute atomic E-state index is 13.3. The van der Waals surface area contributed by atoms with Gasteiger partial charge in [-0.3, -0.25) is 4.90 Å². The van der Waals surface area contributed by atoms with Gasteiger partial charge in [-0.2, -0.15) is 0 Å². The molecule has 18 heavy (non-hydrogen) atoms. The van der Waals surface area contributed by atoms with E-state index in [4.69, 9.17) is 23.2 Å². The molecule has 6 heteroatoms. The van der Waals surface area contributed by atoms with Crippen LogP contribution in [0, 0.1) is 0 Å². The maximum Gasteiger partial charge on any atom is 0.139 e. The molecule has 2 rings (SSSR count). The van der Waals surface area contributed by atoms with Crippen LogP contribution in [0.5, 0.6) is 5.75 Å². The molecule has 1 fully saturated rings. The monoisotopic (exact) mass is 292 g/mol. The molecule has 1 atom stereocenters. The van der Waals surface area contributed by atoms with E-state index in [1.54, 1.807) is 6.07 Å². The highest BCUT2D eigenvalue weighted by atomic mass is 35.5. The molecule has 0 spiro atoms. The first-order valence-electron chi connectivity index (χ1n) is 5.82. The van der Waals surface area contributed by atoms with Gasteiger partial charge in [-0.1, -0.05) is 23.2 Å². The number of nitrogens with zero attached hydrogens (tertiary/aromatic N) is 1. The van der Waals surface area contributed by atoms with Crippen molar-refractivity contribution in [3.8, 4) is 5.75 Å². The van der Waals surface area contributed by atoms with Crippen LogP contribution in [0.4, 0.5) is 4.39 Å². The van der Waals surface area contributed by atoms with Gasteiger partial charge >= 0.3 is 0 Å². The Labute approximate surface area is 115 Å². The molecule has 0 aromatic heterocycles. The molecule has 3 nitrogen and oxygen atoms in total. The van der Waals surface area contributed by atoms with Gasteiger partial charge in [0.1, 0.15) is 12.4 Å².